The van der Waals surface area contributed by atoms with Gasteiger partial charge in [-0.2, -0.15) is 0 Å². The first kappa shape index (κ1) is 12.6. The summed E-state index contributed by atoms with van der Waals surface area (Å²) in [6.45, 7) is 1.22. The monoisotopic (exact) mass is 265 g/mol. The summed E-state index contributed by atoms with van der Waals surface area (Å²) in [7, 11) is 0. The van der Waals surface area contributed by atoms with Crippen LogP contribution < -0.4 is 0 Å². The number of imide groups is 1. The maximum Gasteiger partial charge on any atom is 0.330 e. The molecule has 5 nitrogen and oxygen atoms in total. The van der Waals surface area contributed by atoms with Gasteiger partial charge in [-0.25, -0.2) is 4.79 Å². The zero-order valence-corrected chi connectivity index (χ0v) is 11.1. The molecule has 2 saturated carbocycles. The van der Waals surface area contributed by atoms with Gasteiger partial charge in [-0.3, -0.25) is 9.59 Å². The standard InChI is InChI=1S/C14H19NO4/c1-8(16)19-15-13(17)10-6-2-4-9-5-3-7-11(12(9)10)14(15)18/h9-12H,2-7H2,1H3. The number of nitrogens with zero attached hydrogens (tertiary/aromatic N) is 1. The number of piperidine rings is 1. The van der Waals surface area contributed by atoms with E-state index >= 15 is 0 Å². The Kier molecular flexibility index (Phi) is 3.07. The Morgan fingerprint density at radius 1 is 1.05 bits per heavy atom. The first-order valence-corrected chi connectivity index (χ1v) is 7.16. The van der Waals surface area contributed by atoms with Crippen LogP contribution in [0.2, 0.25) is 0 Å². The zero-order chi connectivity index (χ0) is 13.6. The quantitative estimate of drug-likeness (QED) is 0.676. The average Bonchev–Trinajstić information content (AvgIpc) is 2.40. The van der Waals surface area contributed by atoms with Crippen LogP contribution >= 0.6 is 0 Å². The van der Waals surface area contributed by atoms with Crippen molar-refractivity contribution in [3.8, 4) is 0 Å². The smallest absolute Gasteiger partial charge is 0.330 e. The van der Waals surface area contributed by atoms with Gasteiger partial charge in [0, 0.05) is 18.8 Å². The fraction of sp³-hybridized carbons (Fsp3) is 0.786. The van der Waals surface area contributed by atoms with E-state index in [9.17, 15) is 14.4 Å². The molecule has 1 saturated heterocycles. The summed E-state index contributed by atoms with van der Waals surface area (Å²) in [6, 6.07) is 0. The summed E-state index contributed by atoms with van der Waals surface area (Å²) in [5, 5.41) is 0.752. The number of amides is 2. The van der Waals surface area contributed by atoms with E-state index in [0.29, 0.717) is 5.92 Å². The molecule has 1 heterocycles. The van der Waals surface area contributed by atoms with Gasteiger partial charge in [-0.15, -0.1) is 5.06 Å². The van der Waals surface area contributed by atoms with Crippen LogP contribution in [0.4, 0.5) is 0 Å². The number of hydrogen-bond acceptors (Lipinski definition) is 4. The van der Waals surface area contributed by atoms with Gasteiger partial charge in [-0.05, 0) is 24.7 Å². The number of carbonyl (C=O) groups excluding carboxylic acids is 3. The van der Waals surface area contributed by atoms with Gasteiger partial charge in [0.15, 0.2) is 0 Å². The Morgan fingerprint density at radius 2 is 1.58 bits per heavy atom. The summed E-state index contributed by atoms with van der Waals surface area (Å²) >= 11 is 0. The van der Waals surface area contributed by atoms with Crippen LogP contribution in [0.15, 0.2) is 0 Å². The van der Waals surface area contributed by atoms with E-state index in [1.807, 2.05) is 0 Å². The summed E-state index contributed by atoms with van der Waals surface area (Å²) in [5.41, 5.74) is 0. The van der Waals surface area contributed by atoms with Crippen molar-refractivity contribution in [2.24, 2.45) is 23.7 Å². The normalized spacial score (nSPS) is 37.8. The lowest BCUT2D eigenvalue weighted by Crippen LogP contribution is -2.58. The molecule has 104 valence electrons. The van der Waals surface area contributed by atoms with Crippen molar-refractivity contribution in [2.75, 3.05) is 0 Å². The molecule has 1 aliphatic heterocycles. The second kappa shape index (κ2) is 4.62. The van der Waals surface area contributed by atoms with Crippen LogP contribution in [0, 0.1) is 23.7 Å². The highest BCUT2D eigenvalue weighted by Gasteiger charge is 2.54. The van der Waals surface area contributed by atoms with Gasteiger partial charge in [-0.1, -0.05) is 25.7 Å². The van der Waals surface area contributed by atoms with Crippen molar-refractivity contribution < 1.29 is 19.2 Å². The third-order valence-electron chi connectivity index (χ3n) is 4.91. The number of hydrogen-bond donors (Lipinski definition) is 0. The van der Waals surface area contributed by atoms with Crippen molar-refractivity contribution in [1.29, 1.82) is 0 Å². The third kappa shape index (κ3) is 1.95. The predicted molar refractivity (Wildman–Crippen MR) is 65.3 cm³/mol. The lowest BCUT2D eigenvalue weighted by atomic mass is 9.59. The Bertz CT molecular complexity index is 403. The molecule has 2 aliphatic carbocycles. The van der Waals surface area contributed by atoms with Gasteiger partial charge < -0.3 is 4.84 Å². The molecule has 3 aliphatic rings. The maximum absolute atomic E-state index is 12.4. The summed E-state index contributed by atoms with van der Waals surface area (Å²) in [4.78, 5) is 40.6. The van der Waals surface area contributed by atoms with Crippen LogP contribution in [0.25, 0.3) is 0 Å². The molecule has 2 amide bonds. The van der Waals surface area contributed by atoms with Gasteiger partial charge in [0.25, 0.3) is 11.8 Å². The largest absolute Gasteiger partial charge is 0.331 e. The first-order chi connectivity index (χ1) is 9.09. The van der Waals surface area contributed by atoms with Gasteiger partial charge in [0.05, 0.1) is 0 Å². The third-order valence-corrected chi connectivity index (χ3v) is 4.91. The number of rotatable bonds is 1. The van der Waals surface area contributed by atoms with Crippen molar-refractivity contribution in [3.05, 3.63) is 0 Å². The molecule has 3 rings (SSSR count). The summed E-state index contributed by atoms with van der Waals surface area (Å²) in [5.74, 6) is -0.759. The highest BCUT2D eigenvalue weighted by molar-refractivity contribution is 6.00. The Morgan fingerprint density at radius 3 is 2.05 bits per heavy atom. The lowest BCUT2D eigenvalue weighted by Gasteiger charge is -2.49. The van der Waals surface area contributed by atoms with Crippen molar-refractivity contribution in [2.45, 2.75) is 45.4 Å². The van der Waals surface area contributed by atoms with Crippen molar-refractivity contribution >= 4 is 17.8 Å². The van der Waals surface area contributed by atoms with E-state index < -0.39 is 5.97 Å². The molecule has 5 heteroatoms. The molecule has 0 spiro atoms. The van der Waals surface area contributed by atoms with E-state index in [-0.39, 0.29) is 29.6 Å². The molecule has 0 aromatic carbocycles. The minimum absolute atomic E-state index is 0.124. The topological polar surface area (TPSA) is 63.7 Å². The minimum atomic E-state index is -0.608. The Labute approximate surface area is 112 Å². The average molecular weight is 265 g/mol. The summed E-state index contributed by atoms with van der Waals surface area (Å²) < 4.78 is 0. The lowest BCUT2D eigenvalue weighted by molar-refractivity contribution is -0.218. The van der Waals surface area contributed by atoms with Crippen LogP contribution in [0.5, 0.6) is 0 Å². The summed E-state index contributed by atoms with van der Waals surface area (Å²) in [6.07, 6.45) is 5.97. The molecular weight excluding hydrogens is 246 g/mol. The van der Waals surface area contributed by atoms with E-state index in [1.54, 1.807) is 0 Å². The molecule has 0 N–H and O–H groups in total. The van der Waals surface area contributed by atoms with Gasteiger partial charge in [0.2, 0.25) is 0 Å². The second-order valence-electron chi connectivity index (χ2n) is 5.97. The van der Waals surface area contributed by atoms with E-state index in [0.717, 1.165) is 43.6 Å². The second-order valence-corrected chi connectivity index (χ2v) is 5.97. The highest BCUT2D eigenvalue weighted by Crippen LogP contribution is 2.50. The fourth-order valence-corrected chi connectivity index (χ4v) is 4.26. The molecule has 3 fully saturated rings. The molecule has 0 aromatic heterocycles. The van der Waals surface area contributed by atoms with Crippen LogP contribution in [-0.4, -0.2) is 22.8 Å². The van der Waals surface area contributed by atoms with E-state index in [4.69, 9.17) is 4.84 Å². The molecule has 19 heavy (non-hydrogen) atoms. The SMILES string of the molecule is CC(=O)ON1C(=O)C2CCCC3CCCC(C1=O)C32. The highest BCUT2D eigenvalue weighted by atomic mass is 16.7. The minimum Gasteiger partial charge on any atom is -0.331 e. The fourth-order valence-electron chi connectivity index (χ4n) is 4.26. The molecule has 2 atom stereocenters. The molecule has 0 radical (unpaired) electrons. The zero-order valence-electron chi connectivity index (χ0n) is 11.1. The molecular formula is C14H19NO4. The van der Waals surface area contributed by atoms with Crippen molar-refractivity contribution in [3.63, 3.8) is 0 Å². The number of carbonyl (C=O) groups is 3. The van der Waals surface area contributed by atoms with E-state index in [2.05, 4.69) is 0 Å². The number of hydroxylamine groups is 2. The van der Waals surface area contributed by atoms with Crippen LogP contribution in [0.1, 0.15) is 45.4 Å². The Balaban J connectivity index is 1.91. The van der Waals surface area contributed by atoms with Crippen LogP contribution in [-0.2, 0) is 19.2 Å². The van der Waals surface area contributed by atoms with Gasteiger partial charge in [0.1, 0.15) is 0 Å². The molecule has 0 bridgehead atoms. The first-order valence-electron chi connectivity index (χ1n) is 7.16. The predicted octanol–water partition coefficient (Wildman–Crippen LogP) is 1.67. The molecule has 2 unspecified atom stereocenters. The molecule has 0 aromatic rings. The van der Waals surface area contributed by atoms with Crippen molar-refractivity contribution in [1.82, 2.24) is 5.06 Å². The van der Waals surface area contributed by atoms with Crippen LogP contribution in [0.3, 0.4) is 0 Å². The van der Waals surface area contributed by atoms with E-state index in [1.165, 1.54) is 6.92 Å². The Hall–Kier alpha value is -1.39. The maximum atomic E-state index is 12.4. The van der Waals surface area contributed by atoms with Gasteiger partial charge >= 0.3 is 5.97 Å².